The van der Waals surface area contributed by atoms with E-state index in [1.165, 1.54) is 18.2 Å². The van der Waals surface area contributed by atoms with E-state index in [0.29, 0.717) is 22.6 Å². The molecule has 0 saturated carbocycles. The number of allylic oxidation sites excluding steroid dienone is 2. The number of carbonyl (C=O) groups is 1. The quantitative estimate of drug-likeness (QED) is 0.539. The summed E-state index contributed by atoms with van der Waals surface area (Å²) in [5.41, 5.74) is 4.58. The Bertz CT molecular complexity index is 1210. The summed E-state index contributed by atoms with van der Waals surface area (Å²) in [5, 5.41) is 18.9. The minimum atomic E-state index is -0.956. The molecule has 150 valence electrons. The Morgan fingerprint density at radius 1 is 1.00 bits per heavy atom. The zero-order valence-corrected chi connectivity index (χ0v) is 16.2. The number of phenols is 1. The minimum Gasteiger partial charge on any atom is -0.508 e. The molecule has 5 heteroatoms. The number of aliphatic carboxylic acids is 1. The fourth-order valence-corrected chi connectivity index (χ4v) is 3.65. The third kappa shape index (κ3) is 3.96. The smallest absolute Gasteiger partial charge is 0.307 e. The first kappa shape index (κ1) is 19.5. The third-order valence-corrected chi connectivity index (χ3v) is 5.00. The van der Waals surface area contributed by atoms with Crippen LogP contribution in [0.2, 0.25) is 0 Å². The van der Waals surface area contributed by atoms with Gasteiger partial charge in [0, 0.05) is 6.07 Å². The molecule has 0 atom stereocenters. The predicted molar refractivity (Wildman–Crippen MR) is 114 cm³/mol. The van der Waals surface area contributed by atoms with Crippen molar-refractivity contribution in [2.45, 2.75) is 13.3 Å². The average molecular weight is 402 g/mol. The van der Waals surface area contributed by atoms with Gasteiger partial charge >= 0.3 is 5.97 Å². The van der Waals surface area contributed by atoms with E-state index >= 15 is 0 Å². The van der Waals surface area contributed by atoms with Crippen LogP contribution in [0.25, 0.3) is 17.2 Å². The van der Waals surface area contributed by atoms with Gasteiger partial charge in [0.25, 0.3) is 0 Å². The van der Waals surface area contributed by atoms with Crippen molar-refractivity contribution in [3.8, 4) is 17.2 Å². The molecule has 0 amide bonds. The van der Waals surface area contributed by atoms with Crippen LogP contribution < -0.4 is 4.74 Å². The molecule has 3 aromatic carbocycles. The number of carboxylic acid groups (broad SMARTS) is 1. The van der Waals surface area contributed by atoms with Crippen LogP contribution in [0, 0.1) is 5.82 Å². The number of aromatic hydroxyl groups is 1. The highest BCUT2D eigenvalue weighted by molar-refractivity contribution is 6.07. The van der Waals surface area contributed by atoms with Crippen LogP contribution in [-0.2, 0) is 4.79 Å². The molecule has 1 aliphatic rings. The highest BCUT2D eigenvalue weighted by atomic mass is 19.1. The monoisotopic (exact) mass is 402 g/mol. The predicted octanol–water partition coefficient (Wildman–Crippen LogP) is 6.13. The average Bonchev–Trinajstić information content (AvgIpc) is 2.93. The second-order valence-corrected chi connectivity index (χ2v) is 7.09. The van der Waals surface area contributed by atoms with Gasteiger partial charge in [0.15, 0.2) is 0 Å². The van der Waals surface area contributed by atoms with Crippen molar-refractivity contribution in [2.75, 3.05) is 0 Å². The number of halogens is 1. The van der Waals surface area contributed by atoms with Gasteiger partial charge in [0.1, 0.15) is 23.1 Å². The van der Waals surface area contributed by atoms with Crippen LogP contribution in [0.5, 0.6) is 17.2 Å². The molecule has 0 spiro atoms. The number of fused-ring (bicyclic) bond motifs is 1. The molecule has 0 aromatic heterocycles. The first-order chi connectivity index (χ1) is 14.4. The van der Waals surface area contributed by atoms with E-state index in [4.69, 9.17) is 4.74 Å². The highest BCUT2D eigenvalue weighted by Gasteiger charge is 2.25. The van der Waals surface area contributed by atoms with Crippen LogP contribution in [0.4, 0.5) is 4.39 Å². The number of ether oxygens (including phenoxy) is 1. The van der Waals surface area contributed by atoms with Crippen molar-refractivity contribution in [1.82, 2.24) is 0 Å². The van der Waals surface area contributed by atoms with E-state index in [9.17, 15) is 19.4 Å². The molecule has 4 rings (SSSR count). The third-order valence-electron chi connectivity index (χ3n) is 5.00. The second kappa shape index (κ2) is 7.87. The molecule has 0 fully saturated rings. The molecule has 0 aliphatic heterocycles. The van der Waals surface area contributed by atoms with Gasteiger partial charge in [-0.25, -0.2) is 4.39 Å². The highest BCUT2D eigenvalue weighted by Crippen LogP contribution is 2.44. The molecule has 0 heterocycles. The summed E-state index contributed by atoms with van der Waals surface area (Å²) >= 11 is 0. The van der Waals surface area contributed by atoms with E-state index < -0.39 is 11.8 Å². The lowest BCUT2D eigenvalue weighted by molar-refractivity contribution is -0.135. The normalized spacial score (nSPS) is 14.1. The number of benzene rings is 3. The van der Waals surface area contributed by atoms with Crippen LogP contribution in [0.3, 0.4) is 0 Å². The maximum absolute atomic E-state index is 13.8. The zero-order chi connectivity index (χ0) is 21.3. The maximum atomic E-state index is 13.8. The van der Waals surface area contributed by atoms with Gasteiger partial charge in [-0.15, -0.1) is 0 Å². The standard InChI is InChI=1S/C25H19FO4/c1-15-22(21-9-8-17(26)12-24(21)23(15)14-25(28)29)11-16-4-2-6-19(10-16)30-20-7-3-5-18(27)13-20/h2-13,27H,14H2,1H3,(H,28,29)/b22-11-. The Labute approximate surface area is 173 Å². The van der Waals surface area contributed by atoms with Crippen LogP contribution in [0.15, 0.2) is 72.3 Å². The molecule has 0 radical (unpaired) electrons. The van der Waals surface area contributed by atoms with Crippen molar-refractivity contribution in [3.05, 3.63) is 94.8 Å². The summed E-state index contributed by atoms with van der Waals surface area (Å²) in [6.45, 7) is 1.86. The van der Waals surface area contributed by atoms with Crippen molar-refractivity contribution < 1.29 is 24.1 Å². The second-order valence-electron chi connectivity index (χ2n) is 7.09. The van der Waals surface area contributed by atoms with Crippen molar-refractivity contribution in [3.63, 3.8) is 0 Å². The van der Waals surface area contributed by atoms with Gasteiger partial charge in [-0.3, -0.25) is 4.79 Å². The van der Waals surface area contributed by atoms with E-state index in [1.54, 1.807) is 24.3 Å². The fourth-order valence-electron chi connectivity index (χ4n) is 3.65. The summed E-state index contributed by atoms with van der Waals surface area (Å²) in [7, 11) is 0. The number of rotatable bonds is 5. The first-order valence-electron chi connectivity index (χ1n) is 9.41. The lowest BCUT2D eigenvalue weighted by Gasteiger charge is -2.08. The summed E-state index contributed by atoms with van der Waals surface area (Å²) in [6, 6.07) is 18.4. The summed E-state index contributed by atoms with van der Waals surface area (Å²) in [5.74, 6) is -0.122. The molecule has 2 N–H and O–H groups in total. The fraction of sp³-hybridized carbons (Fsp3) is 0.0800. The SMILES string of the molecule is CC1=C(CC(=O)O)c2cc(F)ccc2/C1=C\c1cccc(Oc2cccc(O)c2)c1. The van der Waals surface area contributed by atoms with Crippen LogP contribution in [-0.4, -0.2) is 16.2 Å². The number of hydrogen-bond donors (Lipinski definition) is 2. The summed E-state index contributed by atoms with van der Waals surface area (Å²) in [4.78, 5) is 11.3. The Morgan fingerprint density at radius 2 is 1.73 bits per heavy atom. The molecular formula is C25H19FO4. The topological polar surface area (TPSA) is 66.8 Å². The van der Waals surface area contributed by atoms with E-state index in [-0.39, 0.29) is 12.2 Å². The number of hydrogen-bond acceptors (Lipinski definition) is 3. The van der Waals surface area contributed by atoms with Gasteiger partial charge in [0.2, 0.25) is 0 Å². The molecule has 3 aromatic rings. The number of carboxylic acids is 1. The molecule has 30 heavy (non-hydrogen) atoms. The van der Waals surface area contributed by atoms with E-state index in [2.05, 4.69) is 0 Å². The molecular weight excluding hydrogens is 383 g/mol. The first-order valence-corrected chi connectivity index (χ1v) is 9.41. The largest absolute Gasteiger partial charge is 0.508 e. The molecule has 0 saturated heterocycles. The maximum Gasteiger partial charge on any atom is 0.307 e. The van der Waals surface area contributed by atoms with Gasteiger partial charge in [-0.1, -0.05) is 24.3 Å². The molecule has 4 nitrogen and oxygen atoms in total. The lowest BCUT2D eigenvalue weighted by atomic mass is 10.0. The van der Waals surface area contributed by atoms with Crippen LogP contribution >= 0.6 is 0 Å². The van der Waals surface area contributed by atoms with Crippen molar-refractivity contribution in [2.24, 2.45) is 0 Å². The Balaban J connectivity index is 1.72. The Morgan fingerprint density at radius 3 is 2.47 bits per heavy atom. The molecule has 1 aliphatic carbocycles. The lowest BCUT2D eigenvalue weighted by Crippen LogP contribution is -1.97. The van der Waals surface area contributed by atoms with Crippen molar-refractivity contribution in [1.29, 1.82) is 0 Å². The Kier molecular flexibility index (Phi) is 5.11. The molecule has 0 unspecified atom stereocenters. The number of phenolic OH excluding ortho intramolecular Hbond substituents is 1. The Hall–Kier alpha value is -3.86. The zero-order valence-electron chi connectivity index (χ0n) is 16.2. The summed E-state index contributed by atoms with van der Waals surface area (Å²) < 4.78 is 19.6. The van der Waals surface area contributed by atoms with Crippen molar-refractivity contribution >= 4 is 23.2 Å². The summed E-state index contributed by atoms with van der Waals surface area (Å²) in [6.07, 6.45) is 1.77. The van der Waals surface area contributed by atoms with Gasteiger partial charge < -0.3 is 14.9 Å². The van der Waals surface area contributed by atoms with Crippen LogP contribution in [0.1, 0.15) is 30.0 Å². The molecule has 0 bridgehead atoms. The van der Waals surface area contributed by atoms with E-state index in [1.807, 2.05) is 37.3 Å². The minimum absolute atomic E-state index is 0.118. The van der Waals surface area contributed by atoms with Gasteiger partial charge in [-0.05, 0) is 82.8 Å². The van der Waals surface area contributed by atoms with Gasteiger partial charge in [0.05, 0.1) is 6.42 Å². The van der Waals surface area contributed by atoms with Gasteiger partial charge in [-0.2, -0.15) is 0 Å². The van der Waals surface area contributed by atoms with E-state index in [0.717, 1.165) is 22.3 Å².